The normalized spacial score (nSPS) is 12.5. The van der Waals surface area contributed by atoms with E-state index in [-0.39, 0.29) is 0 Å². The van der Waals surface area contributed by atoms with Crippen LogP contribution in [-0.4, -0.2) is 11.1 Å². The molecule has 179 valence electrons. The number of carboxylic acid groups (broad SMARTS) is 1. The molecule has 2 nitrogen and oxygen atoms in total. The Balaban J connectivity index is 3.83. The maximum absolute atomic E-state index is 11.3. The zero-order chi connectivity index (χ0) is 22.3. The number of unbranched alkanes of at least 4 members (excludes halogenated alkanes) is 15. The van der Waals surface area contributed by atoms with Crippen molar-refractivity contribution in [3.63, 3.8) is 0 Å². The average Bonchev–Trinajstić information content (AvgIpc) is 2.73. The van der Waals surface area contributed by atoms with Gasteiger partial charge in [-0.05, 0) is 31.1 Å². The molecule has 0 aliphatic carbocycles. The molecule has 0 spiro atoms. The molecule has 0 aliphatic heterocycles. The second kappa shape index (κ2) is 23.1. The molecule has 0 aromatic carbocycles. The summed E-state index contributed by atoms with van der Waals surface area (Å²) in [6.07, 6.45) is 28.0. The lowest BCUT2D eigenvalue weighted by molar-refractivity contribution is -0.138. The van der Waals surface area contributed by atoms with Crippen LogP contribution in [0.3, 0.4) is 0 Å². The van der Waals surface area contributed by atoms with Gasteiger partial charge >= 0.3 is 5.97 Å². The third kappa shape index (κ3) is 19.4. The summed E-state index contributed by atoms with van der Waals surface area (Å²) >= 11 is 0. The second-order valence-corrected chi connectivity index (χ2v) is 9.55. The lowest BCUT2D eigenvalue weighted by Crippen LogP contribution is -2.17. The number of aliphatic carboxylic acids is 1. The number of carboxylic acids is 1. The maximum atomic E-state index is 11.3. The summed E-state index contributed by atoms with van der Waals surface area (Å²) in [6.45, 7) is 6.73. The van der Waals surface area contributed by atoms with Gasteiger partial charge in [-0.2, -0.15) is 0 Å². The van der Waals surface area contributed by atoms with Crippen LogP contribution in [0.2, 0.25) is 0 Å². The maximum Gasteiger partial charge on any atom is 0.303 e. The molecule has 2 heteroatoms. The van der Waals surface area contributed by atoms with Crippen molar-refractivity contribution < 1.29 is 9.90 Å². The summed E-state index contributed by atoms with van der Waals surface area (Å²) < 4.78 is 0. The Kier molecular flexibility index (Phi) is 22.7. The SMILES string of the molecule is CCCCCCCCCCCCCCCC[C](CCCC)C(CCCC)CC(=O)O. The molecule has 0 aromatic rings. The molecule has 0 aliphatic rings. The summed E-state index contributed by atoms with van der Waals surface area (Å²) in [6, 6.07) is 0. The largest absolute Gasteiger partial charge is 0.481 e. The van der Waals surface area contributed by atoms with Crippen molar-refractivity contribution in [2.45, 2.75) is 162 Å². The zero-order valence-corrected chi connectivity index (χ0v) is 21.0. The first kappa shape index (κ1) is 29.5. The summed E-state index contributed by atoms with van der Waals surface area (Å²) in [5.41, 5.74) is 0. The van der Waals surface area contributed by atoms with Crippen LogP contribution in [-0.2, 0) is 4.79 Å². The Labute approximate surface area is 190 Å². The predicted molar refractivity (Wildman–Crippen MR) is 133 cm³/mol. The van der Waals surface area contributed by atoms with Gasteiger partial charge < -0.3 is 5.11 Å². The van der Waals surface area contributed by atoms with Crippen LogP contribution in [0.5, 0.6) is 0 Å². The van der Waals surface area contributed by atoms with Crippen LogP contribution >= 0.6 is 0 Å². The fourth-order valence-corrected chi connectivity index (χ4v) is 4.60. The van der Waals surface area contributed by atoms with Crippen molar-refractivity contribution in [1.82, 2.24) is 0 Å². The van der Waals surface area contributed by atoms with Gasteiger partial charge in [0.2, 0.25) is 0 Å². The predicted octanol–water partition coefficient (Wildman–Crippen LogP) is 9.90. The number of hydrogen-bond acceptors (Lipinski definition) is 1. The van der Waals surface area contributed by atoms with Crippen LogP contribution in [0, 0.1) is 11.8 Å². The summed E-state index contributed by atoms with van der Waals surface area (Å²) in [4.78, 5) is 11.3. The van der Waals surface area contributed by atoms with E-state index in [4.69, 9.17) is 0 Å². The van der Waals surface area contributed by atoms with Crippen molar-refractivity contribution in [2.75, 3.05) is 0 Å². The Bertz CT molecular complexity index is 353. The molecule has 0 bridgehead atoms. The Morgan fingerprint density at radius 2 is 0.967 bits per heavy atom. The highest BCUT2D eigenvalue weighted by molar-refractivity contribution is 5.67. The molecule has 0 rings (SSSR count). The van der Waals surface area contributed by atoms with Gasteiger partial charge in [-0.25, -0.2) is 0 Å². The quantitative estimate of drug-likeness (QED) is 0.157. The molecule has 0 heterocycles. The van der Waals surface area contributed by atoms with Crippen LogP contribution in [0.1, 0.15) is 162 Å². The topological polar surface area (TPSA) is 37.3 Å². The van der Waals surface area contributed by atoms with Gasteiger partial charge in [0, 0.05) is 6.42 Å². The molecule has 0 aromatic heterocycles. The number of rotatable bonds is 24. The van der Waals surface area contributed by atoms with Gasteiger partial charge in [0.25, 0.3) is 0 Å². The van der Waals surface area contributed by atoms with Crippen LogP contribution < -0.4 is 0 Å². The molecule has 1 N–H and O–H groups in total. The molecular weight excluding hydrogens is 368 g/mol. The lowest BCUT2D eigenvalue weighted by Gasteiger charge is -2.26. The standard InChI is InChI=1S/C28H55O2/c1-4-7-10-11-12-13-14-15-16-17-18-19-20-21-24-26(22-8-5-2)27(23-9-6-3)25-28(29)30/h27H,4-25H2,1-3H3,(H,29,30). The molecule has 1 radical (unpaired) electrons. The molecule has 1 atom stereocenters. The highest BCUT2D eigenvalue weighted by Crippen LogP contribution is 2.33. The molecule has 1 unspecified atom stereocenters. The lowest BCUT2D eigenvalue weighted by atomic mass is 9.79. The van der Waals surface area contributed by atoms with Gasteiger partial charge in [0.15, 0.2) is 0 Å². The molecule has 0 saturated heterocycles. The van der Waals surface area contributed by atoms with Crippen LogP contribution in [0.4, 0.5) is 0 Å². The first-order valence-electron chi connectivity index (χ1n) is 13.7. The fourth-order valence-electron chi connectivity index (χ4n) is 4.60. The van der Waals surface area contributed by atoms with Gasteiger partial charge in [-0.3, -0.25) is 4.79 Å². The first-order valence-corrected chi connectivity index (χ1v) is 13.7. The highest BCUT2D eigenvalue weighted by Gasteiger charge is 2.23. The molecule has 0 saturated carbocycles. The summed E-state index contributed by atoms with van der Waals surface area (Å²) in [7, 11) is 0. The van der Waals surface area contributed by atoms with Crippen LogP contribution in [0.15, 0.2) is 0 Å². The first-order chi connectivity index (χ1) is 14.7. The minimum Gasteiger partial charge on any atom is -0.481 e. The smallest absolute Gasteiger partial charge is 0.303 e. The molecule has 0 amide bonds. The van der Waals surface area contributed by atoms with Crippen LogP contribution in [0.25, 0.3) is 0 Å². The van der Waals surface area contributed by atoms with Gasteiger partial charge in [-0.1, -0.05) is 136 Å². The van der Waals surface area contributed by atoms with Crippen molar-refractivity contribution in [1.29, 1.82) is 0 Å². The second-order valence-electron chi connectivity index (χ2n) is 9.55. The highest BCUT2D eigenvalue weighted by atomic mass is 16.4. The van der Waals surface area contributed by atoms with E-state index in [2.05, 4.69) is 20.8 Å². The summed E-state index contributed by atoms with van der Waals surface area (Å²) in [5, 5.41) is 9.34. The van der Waals surface area contributed by atoms with E-state index in [0.717, 1.165) is 25.7 Å². The van der Waals surface area contributed by atoms with E-state index in [1.54, 1.807) is 5.92 Å². The van der Waals surface area contributed by atoms with E-state index in [0.29, 0.717) is 12.3 Å². The van der Waals surface area contributed by atoms with Gasteiger partial charge in [0.1, 0.15) is 0 Å². The van der Waals surface area contributed by atoms with Crippen molar-refractivity contribution in [3.05, 3.63) is 5.92 Å². The Morgan fingerprint density at radius 3 is 1.40 bits per heavy atom. The van der Waals surface area contributed by atoms with Crippen molar-refractivity contribution in [2.24, 2.45) is 5.92 Å². The van der Waals surface area contributed by atoms with Crippen molar-refractivity contribution >= 4 is 5.97 Å². The van der Waals surface area contributed by atoms with E-state index in [1.165, 1.54) is 109 Å². The molecule has 30 heavy (non-hydrogen) atoms. The van der Waals surface area contributed by atoms with E-state index < -0.39 is 5.97 Å². The van der Waals surface area contributed by atoms with E-state index in [1.807, 2.05) is 0 Å². The average molecular weight is 424 g/mol. The summed E-state index contributed by atoms with van der Waals surface area (Å²) in [5.74, 6) is 1.26. The Morgan fingerprint density at radius 1 is 0.567 bits per heavy atom. The minimum absolute atomic E-state index is 0.316. The zero-order valence-electron chi connectivity index (χ0n) is 21.0. The number of carbonyl (C=O) groups is 1. The van der Waals surface area contributed by atoms with E-state index in [9.17, 15) is 9.90 Å². The molecular formula is C28H55O2. The Hall–Kier alpha value is -0.530. The third-order valence-electron chi connectivity index (χ3n) is 6.61. The van der Waals surface area contributed by atoms with Gasteiger partial charge in [0.05, 0.1) is 0 Å². The van der Waals surface area contributed by atoms with E-state index >= 15 is 0 Å². The van der Waals surface area contributed by atoms with Crippen molar-refractivity contribution in [3.8, 4) is 0 Å². The monoisotopic (exact) mass is 423 g/mol. The minimum atomic E-state index is -0.619. The molecule has 0 fully saturated rings. The number of hydrogen-bond donors (Lipinski definition) is 1. The third-order valence-corrected chi connectivity index (χ3v) is 6.61. The fraction of sp³-hybridized carbons (Fsp3) is 0.929. The van der Waals surface area contributed by atoms with Gasteiger partial charge in [-0.15, -0.1) is 0 Å².